The van der Waals surface area contributed by atoms with Crippen LogP contribution in [-0.2, 0) is 0 Å². The number of halogens is 1. The second-order valence-electron chi connectivity index (χ2n) is 2.59. The van der Waals surface area contributed by atoms with Crippen molar-refractivity contribution in [3.05, 3.63) is 11.9 Å². The Morgan fingerprint density at radius 1 is 1.67 bits per heavy atom. The topological polar surface area (TPSA) is 15.3 Å². The average Bonchev–Trinajstić information content (AvgIpc) is 2.58. The molecule has 1 aliphatic carbocycles. The fourth-order valence-electron chi connectivity index (χ4n) is 1.05. The molecule has 2 aliphatic rings. The Hall–Kier alpha value is 0.0700. The molecule has 0 aromatic heterocycles. The lowest BCUT2D eigenvalue weighted by molar-refractivity contribution is 0.659. The van der Waals surface area contributed by atoms with Gasteiger partial charge in [-0.05, 0) is 12.8 Å². The zero-order valence-corrected chi connectivity index (χ0v) is 7.26. The quantitative estimate of drug-likeness (QED) is 0.547. The van der Waals surface area contributed by atoms with Crippen molar-refractivity contribution in [2.75, 3.05) is 6.67 Å². The van der Waals surface area contributed by atoms with Crippen molar-refractivity contribution in [1.29, 1.82) is 0 Å². The summed E-state index contributed by atoms with van der Waals surface area (Å²) < 4.78 is 2.16. The van der Waals surface area contributed by atoms with Crippen LogP contribution in [0.15, 0.2) is 11.9 Å². The molecule has 1 fully saturated rings. The van der Waals surface area contributed by atoms with Gasteiger partial charge >= 0.3 is 0 Å². The van der Waals surface area contributed by atoms with Crippen molar-refractivity contribution in [2.45, 2.75) is 12.8 Å². The van der Waals surface area contributed by atoms with Gasteiger partial charge in [0.2, 0.25) is 0 Å². The minimum Gasteiger partial charge on any atom is -0.369 e. The molecule has 0 aromatic carbocycles. The largest absolute Gasteiger partial charge is 0.369 e. The summed E-state index contributed by atoms with van der Waals surface area (Å²) in [6.07, 6.45) is 4.99. The van der Waals surface area contributed by atoms with Crippen LogP contribution < -0.4 is 5.32 Å². The number of rotatable bonds is 1. The van der Waals surface area contributed by atoms with E-state index in [9.17, 15) is 0 Å². The maximum atomic E-state index is 3.35. The Balaban J connectivity index is 2.03. The van der Waals surface area contributed by atoms with E-state index in [0.29, 0.717) is 0 Å². The Kier molecular flexibility index (Phi) is 1.32. The first-order chi connectivity index (χ1) is 4.36. The molecular weight excluding hydrogens is 227 g/mol. The number of hydrogen-bond donors (Lipinski definition) is 1. The summed E-state index contributed by atoms with van der Waals surface area (Å²) in [5.74, 6) is 0.879. The fourth-order valence-corrected chi connectivity index (χ4v) is 1.52. The Labute approximate surface area is 68.8 Å². The van der Waals surface area contributed by atoms with Gasteiger partial charge in [-0.1, -0.05) is 0 Å². The normalized spacial score (nSPS) is 25.9. The van der Waals surface area contributed by atoms with E-state index in [1.165, 1.54) is 18.5 Å². The molecule has 0 unspecified atom stereocenters. The smallest absolute Gasteiger partial charge is 0.0964 e. The first kappa shape index (κ1) is 5.82. The van der Waals surface area contributed by atoms with E-state index in [1.54, 1.807) is 0 Å². The summed E-state index contributed by atoms with van der Waals surface area (Å²) in [5, 5.41) is 3.35. The number of nitrogens with zero attached hydrogens (tertiary/aromatic N) is 1. The molecule has 0 saturated heterocycles. The molecule has 0 bridgehead atoms. The molecule has 0 atom stereocenters. The van der Waals surface area contributed by atoms with Gasteiger partial charge in [0.1, 0.15) is 0 Å². The summed E-state index contributed by atoms with van der Waals surface area (Å²) in [5.41, 5.74) is 1.45. The monoisotopic (exact) mass is 236 g/mol. The second kappa shape index (κ2) is 2.04. The van der Waals surface area contributed by atoms with E-state index in [4.69, 9.17) is 0 Å². The predicted octanol–water partition coefficient (Wildman–Crippen LogP) is 1.45. The van der Waals surface area contributed by atoms with Crippen molar-refractivity contribution >= 4 is 22.9 Å². The van der Waals surface area contributed by atoms with Gasteiger partial charge in [-0.3, -0.25) is 0 Å². The van der Waals surface area contributed by atoms with E-state index < -0.39 is 0 Å². The van der Waals surface area contributed by atoms with Gasteiger partial charge in [-0.25, -0.2) is 0 Å². The zero-order chi connectivity index (χ0) is 6.27. The van der Waals surface area contributed by atoms with E-state index in [-0.39, 0.29) is 0 Å². The zero-order valence-electron chi connectivity index (χ0n) is 5.10. The van der Waals surface area contributed by atoms with Gasteiger partial charge in [0.15, 0.2) is 0 Å². The highest BCUT2D eigenvalue weighted by atomic mass is 127. The number of hydrogen-bond acceptors (Lipinski definition) is 2. The number of nitrogens with one attached hydrogen (secondary N) is 1. The summed E-state index contributed by atoms with van der Waals surface area (Å²) in [7, 11) is 0. The Morgan fingerprint density at radius 3 is 2.89 bits per heavy atom. The maximum absolute atomic E-state index is 3.35. The SMILES string of the molecule is IN1C=C(C2CC2)NC1. The molecule has 3 heteroatoms. The highest BCUT2D eigenvalue weighted by Crippen LogP contribution is 2.36. The molecule has 1 saturated carbocycles. The minimum atomic E-state index is 0.879. The van der Waals surface area contributed by atoms with E-state index >= 15 is 0 Å². The van der Waals surface area contributed by atoms with Crippen LogP contribution >= 0.6 is 22.9 Å². The molecule has 1 heterocycles. The molecule has 0 radical (unpaired) electrons. The summed E-state index contributed by atoms with van der Waals surface area (Å²) in [6.45, 7) is 0.992. The van der Waals surface area contributed by atoms with Crippen molar-refractivity contribution in [1.82, 2.24) is 8.43 Å². The first-order valence-corrected chi connectivity index (χ1v) is 4.21. The van der Waals surface area contributed by atoms with E-state index in [2.05, 4.69) is 37.5 Å². The first-order valence-electron chi connectivity index (χ1n) is 3.24. The molecular formula is C6H9IN2. The Bertz CT molecular complexity index is 151. The molecule has 2 nitrogen and oxygen atoms in total. The van der Waals surface area contributed by atoms with Crippen LogP contribution in [0.3, 0.4) is 0 Å². The van der Waals surface area contributed by atoms with Crippen molar-refractivity contribution < 1.29 is 0 Å². The second-order valence-corrected chi connectivity index (χ2v) is 3.83. The van der Waals surface area contributed by atoms with Crippen LogP contribution in [0, 0.1) is 5.92 Å². The van der Waals surface area contributed by atoms with Crippen molar-refractivity contribution in [3.63, 3.8) is 0 Å². The molecule has 0 amide bonds. The van der Waals surface area contributed by atoms with Gasteiger partial charge in [0, 0.05) is 17.8 Å². The third-order valence-electron chi connectivity index (χ3n) is 1.73. The molecule has 9 heavy (non-hydrogen) atoms. The maximum Gasteiger partial charge on any atom is 0.0964 e. The lowest BCUT2D eigenvalue weighted by Gasteiger charge is -1.99. The van der Waals surface area contributed by atoms with Gasteiger partial charge < -0.3 is 8.43 Å². The van der Waals surface area contributed by atoms with Gasteiger partial charge in [-0.2, -0.15) is 0 Å². The van der Waals surface area contributed by atoms with E-state index in [0.717, 1.165) is 12.6 Å². The molecule has 2 rings (SSSR count). The van der Waals surface area contributed by atoms with Gasteiger partial charge in [0.25, 0.3) is 0 Å². The minimum absolute atomic E-state index is 0.879. The molecule has 0 spiro atoms. The number of allylic oxidation sites excluding steroid dienone is 1. The highest BCUT2D eigenvalue weighted by molar-refractivity contribution is 14.1. The van der Waals surface area contributed by atoms with Crippen molar-refractivity contribution in [2.24, 2.45) is 5.92 Å². The molecule has 1 N–H and O–H groups in total. The third kappa shape index (κ3) is 1.15. The molecule has 0 aromatic rings. The third-order valence-corrected chi connectivity index (χ3v) is 2.35. The van der Waals surface area contributed by atoms with Crippen LogP contribution in [0.25, 0.3) is 0 Å². The van der Waals surface area contributed by atoms with Gasteiger partial charge in [0.05, 0.1) is 29.5 Å². The van der Waals surface area contributed by atoms with Crippen LogP contribution in [0.1, 0.15) is 12.8 Å². The lowest BCUT2D eigenvalue weighted by atomic mass is 10.3. The van der Waals surface area contributed by atoms with Crippen LogP contribution in [0.2, 0.25) is 0 Å². The summed E-state index contributed by atoms with van der Waals surface area (Å²) >= 11 is 2.30. The van der Waals surface area contributed by atoms with Crippen molar-refractivity contribution in [3.8, 4) is 0 Å². The van der Waals surface area contributed by atoms with Gasteiger partial charge in [-0.15, -0.1) is 0 Å². The fraction of sp³-hybridized carbons (Fsp3) is 0.667. The summed E-state index contributed by atoms with van der Waals surface area (Å²) in [6, 6.07) is 0. The Morgan fingerprint density at radius 2 is 2.44 bits per heavy atom. The van der Waals surface area contributed by atoms with Crippen LogP contribution in [0.4, 0.5) is 0 Å². The average molecular weight is 236 g/mol. The predicted molar refractivity (Wildman–Crippen MR) is 44.7 cm³/mol. The highest BCUT2D eigenvalue weighted by Gasteiger charge is 2.28. The standard InChI is InChI=1S/C6H9IN2/c7-9-3-6(8-4-9)5-1-2-5/h3,5,8H,1-2,4H2. The molecule has 50 valence electrons. The lowest BCUT2D eigenvalue weighted by Crippen LogP contribution is -2.13. The molecule has 1 aliphatic heterocycles. The van der Waals surface area contributed by atoms with Crippen LogP contribution in [0.5, 0.6) is 0 Å². The van der Waals surface area contributed by atoms with E-state index in [1.807, 2.05) is 0 Å². The summed E-state index contributed by atoms with van der Waals surface area (Å²) in [4.78, 5) is 0. The van der Waals surface area contributed by atoms with Crippen LogP contribution in [-0.4, -0.2) is 9.78 Å².